The first kappa shape index (κ1) is 27.3. The number of rotatable bonds is 8. The zero-order valence-corrected chi connectivity index (χ0v) is 22.3. The number of hydrogen-bond acceptors (Lipinski definition) is 7. The third-order valence-corrected chi connectivity index (χ3v) is 11.6. The molecule has 0 radical (unpaired) electrons. The van der Waals surface area contributed by atoms with Gasteiger partial charge in [-0.3, -0.25) is 9.35 Å². The van der Waals surface area contributed by atoms with Gasteiger partial charge in [0.25, 0.3) is 10.1 Å². The van der Waals surface area contributed by atoms with Gasteiger partial charge >= 0.3 is 5.97 Å². The molecule has 0 unspecified atom stereocenters. The maximum absolute atomic E-state index is 12.1. The van der Waals surface area contributed by atoms with E-state index in [2.05, 4.69) is 26.3 Å². The van der Waals surface area contributed by atoms with Crippen LogP contribution in [0, 0.1) is 46.3 Å². The Morgan fingerprint density at radius 1 is 1.11 bits per heavy atom. The first-order valence-electron chi connectivity index (χ1n) is 13.6. The summed E-state index contributed by atoms with van der Waals surface area (Å²) in [7, 11) is -4.10. The highest BCUT2D eigenvalue weighted by molar-refractivity contribution is 7.85. The summed E-state index contributed by atoms with van der Waals surface area (Å²) in [5.74, 6) is 0.983. The summed E-state index contributed by atoms with van der Waals surface area (Å²) in [6.45, 7) is 6.63. The molecule has 202 valence electrons. The van der Waals surface area contributed by atoms with Crippen LogP contribution < -0.4 is 5.48 Å². The Labute approximate surface area is 210 Å². The van der Waals surface area contributed by atoms with Crippen LogP contribution in [0.1, 0.15) is 85.0 Å². The Hall–Kier alpha value is -0.740. The zero-order chi connectivity index (χ0) is 25.6. The largest absolute Gasteiger partial charge is 0.393 e. The Bertz CT molecular complexity index is 881. The van der Waals surface area contributed by atoms with Gasteiger partial charge in [-0.25, -0.2) is 0 Å². The van der Waals surface area contributed by atoms with Gasteiger partial charge in [-0.2, -0.15) is 13.9 Å². The lowest BCUT2D eigenvalue weighted by Gasteiger charge is -2.63. The van der Waals surface area contributed by atoms with Crippen molar-refractivity contribution < 1.29 is 32.8 Å². The molecule has 4 rings (SSSR count). The molecule has 0 amide bonds. The molecule has 0 aliphatic heterocycles. The lowest BCUT2D eigenvalue weighted by molar-refractivity contribution is -0.201. The number of carbonyl (C=O) groups is 1. The van der Waals surface area contributed by atoms with Crippen molar-refractivity contribution in [2.75, 3.05) is 12.3 Å². The number of aliphatic hydroxyl groups excluding tert-OH is 2. The van der Waals surface area contributed by atoms with Gasteiger partial charge in [0.05, 0.1) is 18.0 Å². The van der Waals surface area contributed by atoms with E-state index in [-0.39, 0.29) is 47.7 Å². The maximum atomic E-state index is 12.1. The molecule has 0 heterocycles. The molecule has 0 bridgehead atoms. The van der Waals surface area contributed by atoms with Gasteiger partial charge in [0.15, 0.2) is 0 Å². The number of fused-ring (bicyclic) bond motifs is 5. The quantitative estimate of drug-likeness (QED) is 0.220. The van der Waals surface area contributed by atoms with E-state index in [9.17, 15) is 23.4 Å². The minimum absolute atomic E-state index is 0.167. The summed E-state index contributed by atoms with van der Waals surface area (Å²) < 4.78 is 30.2. The predicted molar refractivity (Wildman–Crippen MR) is 132 cm³/mol. The second-order valence-electron chi connectivity index (χ2n) is 12.5. The summed E-state index contributed by atoms with van der Waals surface area (Å²) in [6, 6.07) is 0. The highest BCUT2D eigenvalue weighted by atomic mass is 32.2. The Kier molecular flexibility index (Phi) is 7.95. The molecule has 10 atom stereocenters. The van der Waals surface area contributed by atoms with Crippen LogP contribution in [0.15, 0.2) is 0 Å². The van der Waals surface area contributed by atoms with E-state index in [1.807, 2.05) is 0 Å². The zero-order valence-electron chi connectivity index (χ0n) is 21.5. The monoisotopic (exact) mass is 515 g/mol. The normalized spacial score (nSPS) is 44.1. The number of carbonyl (C=O) groups excluding carboxylic acids is 1. The van der Waals surface area contributed by atoms with Gasteiger partial charge in [-0.1, -0.05) is 33.6 Å². The van der Waals surface area contributed by atoms with Crippen LogP contribution in [0.3, 0.4) is 0 Å². The SMILES string of the molecule is C[C@H](CCC(=O)ONCCS(=O)(=O)O)[C@H]1CC[C@H]2[C@@H]3[C@H](O)C[C@@H]4CCCC[C@]4(C)[C@H]3C[C@@H](O)[C@]12C. The minimum Gasteiger partial charge on any atom is -0.393 e. The molecular weight excluding hydrogens is 470 g/mol. The van der Waals surface area contributed by atoms with Gasteiger partial charge in [0, 0.05) is 13.0 Å². The Balaban J connectivity index is 1.39. The standard InChI is InChI=1S/C26H45NO7S/c1-16(7-10-23(30)34-27-12-13-35(31,32)33)18-8-9-19-24-20(15-22(29)26(18,19)3)25(2)11-5-4-6-17(25)14-21(24)28/h16-22,24,27-29H,4-15H2,1-3H3,(H,31,32,33)/t16-,17+,18-,19+,20+,21-,22-,24+,25+,26-/m1/s1. The molecule has 0 aromatic heterocycles. The smallest absolute Gasteiger partial charge is 0.324 e. The fourth-order valence-corrected chi connectivity index (χ4v) is 9.43. The van der Waals surface area contributed by atoms with Crippen LogP contribution in [-0.2, 0) is 19.8 Å². The molecule has 0 spiro atoms. The van der Waals surface area contributed by atoms with Gasteiger partial charge in [0.2, 0.25) is 0 Å². The third-order valence-electron chi connectivity index (χ3n) is 10.9. The first-order chi connectivity index (χ1) is 16.4. The number of hydroxylamine groups is 1. The lowest BCUT2D eigenvalue weighted by Crippen LogP contribution is -2.61. The van der Waals surface area contributed by atoms with E-state index in [4.69, 9.17) is 9.39 Å². The van der Waals surface area contributed by atoms with Crippen molar-refractivity contribution in [3.8, 4) is 0 Å². The van der Waals surface area contributed by atoms with Crippen molar-refractivity contribution in [2.24, 2.45) is 46.3 Å². The molecule has 4 aliphatic rings. The molecule has 35 heavy (non-hydrogen) atoms. The summed E-state index contributed by atoms with van der Waals surface area (Å²) in [6.07, 6.45) is 8.74. The number of nitrogens with one attached hydrogen (secondary N) is 1. The average Bonchev–Trinajstić information content (AvgIpc) is 3.14. The minimum atomic E-state index is -4.10. The van der Waals surface area contributed by atoms with Crippen molar-refractivity contribution in [3.63, 3.8) is 0 Å². The average molecular weight is 516 g/mol. The summed E-state index contributed by atoms with van der Waals surface area (Å²) in [5.41, 5.74) is 2.26. The van der Waals surface area contributed by atoms with Crippen molar-refractivity contribution in [1.29, 1.82) is 0 Å². The molecule has 4 fully saturated rings. The fraction of sp³-hybridized carbons (Fsp3) is 0.962. The molecule has 8 nitrogen and oxygen atoms in total. The van der Waals surface area contributed by atoms with Crippen LogP contribution in [0.5, 0.6) is 0 Å². The maximum Gasteiger partial charge on any atom is 0.324 e. The molecule has 0 saturated heterocycles. The van der Waals surface area contributed by atoms with Crippen LogP contribution in [0.2, 0.25) is 0 Å². The highest BCUT2D eigenvalue weighted by Crippen LogP contribution is 2.68. The first-order valence-corrected chi connectivity index (χ1v) is 15.2. The van der Waals surface area contributed by atoms with Crippen molar-refractivity contribution in [1.82, 2.24) is 5.48 Å². The van der Waals surface area contributed by atoms with Crippen LogP contribution >= 0.6 is 0 Å². The molecule has 9 heteroatoms. The van der Waals surface area contributed by atoms with Gasteiger partial charge < -0.3 is 15.1 Å². The molecule has 0 aromatic rings. The van der Waals surface area contributed by atoms with E-state index in [1.165, 1.54) is 25.7 Å². The van der Waals surface area contributed by atoms with Crippen molar-refractivity contribution in [3.05, 3.63) is 0 Å². The van der Waals surface area contributed by atoms with Crippen LogP contribution in [0.25, 0.3) is 0 Å². The highest BCUT2D eigenvalue weighted by Gasteiger charge is 2.65. The molecule has 4 saturated carbocycles. The number of hydrogen-bond donors (Lipinski definition) is 4. The van der Waals surface area contributed by atoms with Crippen molar-refractivity contribution >= 4 is 16.1 Å². The lowest BCUT2D eigenvalue weighted by atomic mass is 9.43. The van der Waals surface area contributed by atoms with E-state index < -0.39 is 27.9 Å². The van der Waals surface area contributed by atoms with Gasteiger partial charge in [-0.05, 0) is 91.3 Å². The van der Waals surface area contributed by atoms with Crippen molar-refractivity contribution in [2.45, 2.75) is 97.2 Å². The summed E-state index contributed by atoms with van der Waals surface area (Å²) in [5, 5.41) is 23.0. The fourth-order valence-electron chi connectivity index (χ4n) is 9.09. The predicted octanol–water partition coefficient (Wildman–Crippen LogP) is 3.33. The molecule has 4 N–H and O–H groups in total. The van der Waals surface area contributed by atoms with Crippen LogP contribution in [-0.4, -0.2) is 53.7 Å². The van der Waals surface area contributed by atoms with Gasteiger partial charge in [-0.15, -0.1) is 0 Å². The van der Waals surface area contributed by atoms with Gasteiger partial charge in [0.1, 0.15) is 0 Å². The second-order valence-corrected chi connectivity index (χ2v) is 14.1. The van der Waals surface area contributed by atoms with E-state index in [0.717, 1.165) is 25.7 Å². The molecular formula is C26H45NO7S. The Morgan fingerprint density at radius 3 is 2.57 bits per heavy atom. The van der Waals surface area contributed by atoms with E-state index in [0.29, 0.717) is 24.2 Å². The second kappa shape index (κ2) is 10.2. The third kappa shape index (κ3) is 5.17. The van der Waals surface area contributed by atoms with Crippen LogP contribution in [0.4, 0.5) is 0 Å². The Morgan fingerprint density at radius 2 is 1.86 bits per heavy atom. The topological polar surface area (TPSA) is 133 Å². The van der Waals surface area contributed by atoms with E-state index >= 15 is 0 Å². The summed E-state index contributed by atoms with van der Waals surface area (Å²) in [4.78, 5) is 17.0. The number of aliphatic hydroxyl groups is 2. The molecule has 4 aliphatic carbocycles. The van der Waals surface area contributed by atoms with E-state index in [1.54, 1.807) is 0 Å². The summed E-state index contributed by atoms with van der Waals surface area (Å²) >= 11 is 0. The molecule has 0 aromatic carbocycles.